The van der Waals surface area contributed by atoms with Crippen LogP contribution in [0.1, 0.15) is 201 Å². The van der Waals surface area contributed by atoms with E-state index in [0.717, 1.165) is 38.5 Å². The average molecular weight is 523 g/mol. The minimum atomic E-state index is -0.301. The Balaban J connectivity index is 4.09. The van der Waals surface area contributed by atoms with Crippen molar-refractivity contribution in [3.63, 3.8) is 0 Å². The van der Waals surface area contributed by atoms with Gasteiger partial charge in [-0.1, -0.05) is 175 Å². The van der Waals surface area contributed by atoms with Gasteiger partial charge in [-0.2, -0.15) is 0 Å². The summed E-state index contributed by atoms with van der Waals surface area (Å²) in [5.41, 5.74) is 0. The number of carbonyl (C=O) groups excluding carboxylic acids is 2. The van der Waals surface area contributed by atoms with Crippen molar-refractivity contribution in [2.24, 2.45) is 5.92 Å². The minimum absolute atomic E-state index is 0.0902. The Morgan fingerprint density at radius 3 is 1.08 bits per heavy atom. The summed E-state index contributed by atoms with van der Waals surface area (Å²) in [6.45, 7) is 6.76. The lowest BCUT2D eigenvalue weighted by molar-refractivity contribution is -0.163. The van der Waals surface area contributed by atoms with Gasteiger partial charge < -0.3 is 4.74 Å². The highest BCUT2D eigenvalue weighted by Gasteiger charge is 2.22. The monoisotopic (exact) mass is 523 g/mol. The number of unbranched alkanes of at least 4 members (excludes halogenated alkanes) is 22. The molecule has 220 valence electrons. The van der Waals surface area contributed by atoms with Gasteiger partial charge in [-0.05, 0) is 19.3 Å². The molecule has 37 heavy (non-hydrogen) atoms. The normalized spacial score (nSPS) is 12.1. The fourth-order valence-corrected chi connectivity index (χ4v) is 5.26. The molecule has 0 spiro atoms. The zero-order valence-corrected chi connectivity index (χ0v) is 25.6. The molecule has 3 nitrogen and oxygen atoms in total. The van der Waals surface area contributed by atoms with Gasteiger partial charge in [0.2, 0.25) is 0 Å². The molecule has 0 saturated carbocycles. The first-order valence-electron chi connectivity index (χ1n) is 16.9. The zero-order chi connectivity index (χ0) is 27.2. The van der Waals surface area contributed by atoms with Crippen molar-refractivity contribution >= 4 is 11.9 Å². The third-order valence-electron chi connectivity index (χ3n) is 7.84. The maximum absolute atomic E-state index is 12.8. The van der Waals surface area contributed by atoms with Crippen LogP contribution in [-0.4, -0.2) is 11.9 Å². The Labute approximate surface area is 232 Å². The summed E-state index contributed by atoms with van der Waals surface area (Å²) in [6.07, 6.45) is 33.6. The first kappa shape index (κ1) is 36.1. The highest BCUT2D eigenvalue weighted by atomic mass is 16.6. The summed E-state index contributed by atoms with van der Waals surface area (Å²) in [4.78, 5) is 25.1. The number of hydrogen-bond acceptors (Lipinski definition) is 3. The van der Waals surface area contributed by atoms with Crippen molar-refractivity contribution in [2.75, 3.05) is 0 Å². The van der Waals surface area contributed by atoms with Crippen LogP contribution in [0.3, 0.4) is 0 Å². The largest absolute Gasteiger partial charge is 0.393 e. The van der Waals surface area contributed by atoms with Gasteiger partial charge in [0.25, 0.3) is 0 Å². The van der Waals surface area contributed by atoms with E-state index < -0.39 is 0 Å². The van der Waals surface area contributed by atoms with Gasteiger partial charge in [0.15, 0.2) is 0 Å². The SMILES string of the molecule is CCCCCCCCCCCCCC(=O)OC(=O)C(CCCCCCCC)CCCCCCCCCC. The summed E-state index contributed by atoms with van der Waals surface area (Å²) >= 11 is 0. The summed E-state index contributed by atoms with van der Waals surface area (Å²) in [7, 11) is 0. The molecule has 0 aromatic carbocycles. The van der Waals surface area contributed by atoms with Crippen LogP contribution in [-0.2, 0) is 14.3 Å². The summed E-state index contributed by atoms with van der Waals surface area (Å²) < 4.78 is 5.34. The van der Waals surface area contributed by atoms with Gasteiger partial charge in [0.1, 0.15) is 0 Å². The van der Waals surface area contributed by atoms with Crippen molar-refractivity contribution in [3.8, 4) is 0 Å². The Kier molecular flexibility index (Phi) is 29.0. The number of ether oxygens (including phenoxy) is 1. The second kappa shape index (κ2) is 29.7. The van der Waals surface area contributed by atoms with Crippen LogP contribution in [0.15, 0.2) is 0 Å². The van der Waals surface area contributed by atoms with Gasteiger partial charge in [0.05, 0.1) is 5.92 Å². The van der Waals surface area contributed by atoms with Gasteiger partial charge in [-0.15, -0.1) is 0 Å². The Bertz CT molecular complexity index is 487. The van der Waals surface area contributed by atoms with E-state index in [-0.39, 0.29) is 17.9 Å². The fourth-order valence-electron chi connectivity index (χ4n) is 5.26. The van der Waals surface area contributed by atoms with Crippen molar-refractivity contribution in [1.82, 2.24) is 0 Å². The van der Waals surface area contributed by atoms with Crippen molar-refractivity contribution in [2.45, 2.75) is 201 Å². The van der Waals surface area contributed by atoms with Crippen molar-refractivity contribution < 1.29 is 14.3 Å². The summed E-state index contributed by atoms with van der Waals surface area (Å²) in [6, 6.07) is 0. The highest BCUT2D eigenvalue weighted by molar-refractivity contribution is 5.86. The molecule has 0 rings (SSSR count). The first-order chi connectivity index (χ1) is 18.2. The highest BCUT2D eigenvalue weighted by Crippen LogP contribution is 2.21. The van der Waals surface area contributed by atoms with E-state index in [1.54, 1.807) is 0 Å². The molecule has 1 atom stereocenters. The Hall–Kier alpha value is -0.860. The van der Waals surface area contributed by atoms with E-state index in [1.807, 2.05) is 0 Å². The van der Waals surface area contributed by atoms with Gasteiger partial charge in [-0.3, -0.25) is 9.59 Å². The van der Waals surface area contributed by atoms with Gasteiger partial charge in [0, 0.05) is 6.42 Å². The third-order valence-corrected chi connectivity index (χ3v) is 7.84. The lowest BCUT2D eigenvalue weighted by atomic mass is 9.94. The predicted molar refractivity (Wildman–Crippen MR) is 161 cm³/mol. The van der Waals surface area contributed by atoms with Crippen LogP contribution < -0.4 is 0 Å². The maximum atomic E-state index is 12.8. The van der Waals surface area contributed by atoms with Crippen LogP contribution in [0, 0.1) is 5.92 Å². The van der Waals surface area contributed by atoms with Crippen LogP contribution >= 0.6 is 0 Å². The van der Waals surface area contributed by atoms with Crippen LogP contribution in [0.4, 0.5) is 0 Å². The minimum Gasteiger partial charge on any atom is -0.393 e. The van der Waals surface area contributed by atoms with Crippen LogP contribution in [0.2, 0.25) is 0 Å². The zero-order valence-electron chi connectivity index (χ0n) is 25.6. The molecule has 0 heterocycles. The molecule has 0 aliphatic carbocycles. The second-order valence-corrected chi connectivity index (χ2v) is 11.6. The smallest absolute Gasteiger partial charge is 0.316 e. The molecule has 0 aromatic heterocycles. The number of hydrogen-bond donors (Lipinski definition) is 0. The fraction of sp³-hybridized carbons (Fsp3) is 0.941. The van der Waals surface area contributed by atoms with E-state index in [1.165, 1.54) is 135 Å². The lowest BCUT2D eigenvalue weighted by Crippen LogP contribution is -2.21. The molecule has 0 aliphatic rings. The van der Waals surface area contributed by atoms with Crippen molar-refractivity contribution in [1.29, 1.82) is 0 Å². The Morgan fingerprint density at radius 2 is 0.730 bits per heavy atom. The topological polar surface area (TPSA) is 43.4 Å². The molecular weight excluding hydrogens is 456 g/mol. The van der Waals surface area contributed by atoms with Crippen molar-refractivity contribution in [3.05, 3.63) is 0 Å². The third kappa shape index (κ3) is 26.5. The molecule has 0 aliphatic heterocycles. The van der Waals surface area contributed by atoms with E-state index in [0.29, 0.717) is 6.42 Å². The summed E-state index contributed by atoms with van der Waals surface area (Å²) in [5, 5.41) is 0. The first-order valence-corrected chi connectivity index (χ1v) is 16.9. The molecular formula is C34H66O3. The number of carbonyl (C=O) groups is 2. The molecule has 1 unspecified atom stereocenters. The predicted octanol–water partition coefficient (Wildman–Crippen LogP) is 11.7. The maximum Gasteiger partial charge on any atom is 0.316 e. The second-order valence-electron chi connectivity index (χ2n) is 11.6. The average Bonchev–Trinajstić information content (AvgIpc) is 2.89. The molecule has 0 radical (unpaired) electrons. The van der Waals surface area contributed by atoms with Crippen LogP contribution in [0.5, 0.6) is 0 Å². The number of esters is 2. The van der Waals surface area contributed by atoms with Gasteiger partial charge >= 0.3 is 11.9 Å². The molecule has 0 saturated heterocycles. The molecule has 0 fully saturated rings. The molecule has 0 amide bonds. The molecule has 0 aromatic rings. The quantitative estimate of drug-likeness (QED) is 0.0557. The van der Waals surface area contributed by atoms with E-state index >= 15 is 0 Å². The summed E-state index contributed by atoms with van der Waals surface area (Å²) in [5.74, 6) is -0.637. The lowest BCUT2D eigenvalue weighted by Gasteiger charge is -2.15. The van der Waals surface area contributed by atoms with Crippen LogP contribution in [0.25, 0.3) is 0 Å². The molecule has 3 heteroatoms. The van der Waals surface area contributed by atoms with E-state index in [4.69, 9.17) is 4.74 Å². The Morgan fingerprint density at radius 1 is 0.432 bits per heavy atom. The molecule has 0 bridgehead atoms. The van der Waals surface area contributed by atoms with E-state index in [2.05, 4.69) is 20.8 Å². The van der Waals surface area contributed by atoms with E-state index in [9.17, 15) is 9.59 Å². The molecule has 0 N–H and O–H groups in total. The van der Waals surface area contributed by atoms with Gasteiger partial charge in [-0.25, -0.2) is 0 Å². The standard InChI is InChI=1S/C34H66O3/c1-4-7-10-13-16-18-19-20-22-25-28-31-33(35)37-34(36)32(29-26-23-15-12-9-6-3)30-27-24-21-17-14-11-8-5-2/h32H,4-31H2,1-3H3. The number of rotatable bonds is 29.